The first-order valence-corrected chi connectivity index (χ1v) is 9.95. The molecule has 1 aromatic heterocycles. The molecule has 144 valence electrons. The maximum atomic E-state index is 12.3. The van der Waals surface area contributed by atoms with Gasteiger partial charge in [0.2, 0.25) is 11.8 Å². The van der Waals surface area contributed by atoms with E-state index in [0.29, 0.717) is 30.6 Å². The molecule has 0 saturated carbocycles. The lowest BCUT2D eigenvalue weighted by atomic mass is 10.1. The van der Waals surface area contributed by atoms with Crippen LogP contribution in [0.2, 0.25) is 0 Å². The van der Waals surface area contributed by atoms with Crippen molar-refractivity contribution in [2.24, 2.45) is 5.92 Å². The number of fused-ring (bicyclic) bond motifs is 1. The van der Waals surface area contributed by atoms with Crippen molar-refractivity contribution >= 4 is 28.3 Å². The van der Waals surface area contributed by atoms with Crippen molar-refractivity contribution in [2.45, 2.75) is 39.7 Å². The second kappa shape index (κ2) is 8.52. The van der Waals surface area contributed by atoms with E-state index in [2.05, 4.69) is 24.1 Å². The molecule has 2 aromatic rings. The number of benzene rings is 1. The molecule has 0 saturated heterocycles. The predicted octanol–water partition coefficient (Wildman–Crippen LogP) is 3.26. The van der Waals surface area contributed by atoms with Crippen LogP contribution < -0.4 is 10.1 Å². The summed E-state index contributed by atoms with van der Waals surface area (Å²) in [4.78, 5) is 32.1. The molecule has 3 rings (SSSR count). The molecule has 2 heterocycles. The molecule has 1 N–H and O–H groups in total. The smallest absolute Gasteiger partial charge is 0.230 e. The maximum absolute atomic E-state index is 12.3. The Morgan fingerprint density at radius 1 is 1.30 bits per heavy atom. The average Bonchev–Trinajstić information content (AvgIpc) is 3.02. The van der Waals surface area contributed by atoms with Crippen LogP contribution in [-0.4, -0.2) is 35.4 Å². The van der Waals surface area contributed by atoms with Crippen molar-refractivity contribution in [1.29, 1.82) is 0 Å². The molecule has 1 aromatic carbocycles. The van der Waals surface area contributed by atoms with Crippen molar-refractivity contribution in [3.05, 3.63) is 40.4 Å². The molecule has 0 aliphatic carbocycles. The standard InChI is InChI=1S/C20H25N3O3S/c1-13(2)10-19(25)23-9-8-16-17(12-23)27-20(21-16)22-18(24)11-14-4-6-15(26-3)7-5-14/h4-7,13H,8-12H2,1-3H3,(H,21,22,24). The van der Waals surface area contributed by atoms with Crippen LogP contribution in [0.1, 0.15) is 36.4 Å². The molecule has 0 spiro atoms. The van der Waals surface area contributed by atoms with E-state index in [9.17, 15) is 9.59 Å². The first kappa shape index (κ1) is 19.4. The van der Waals surface area contributed by atoms with Crippen LogP contribution >= 0.6 is 11.3 Å². The van der Waals surface area contributed by atoms with E-state index < -0.39 is 0 Å². The highest BCUT2D eigenvalue weighted by Crippen LogP contribution is 2.29. The Morgan fingerprint density at radius 3 is 2.70 bits per heavy atom. The Morgan fingerprint density at radius 2 is 2.04 bits per heavy atom. The Kier molecular flexibility index (Phi) is 6.11. The largest absolute Gasteiger partial charge is 0.497 e. The van der Waals surface area contributed by atoms with E-state index in [1.54, 1.807) is 7.11 Å². The van der Waals surface area contributed by atoms with Crippen LogP contribution in [0.5, 0.6) is 5.75 Å². The van der Waals surface area contributed by atoms with Gasteiger partial charge in [-0.15, -0.1) is 0 Å². The molecule has 2 amide bonds. The molecule has 1 aliphatic heterocycles. The van der Waals surface area contributed by atoms with E-state index in [1.807, 2.05) is 29.2 Å². The van der Waals surface area contributed by atoms with Gasteiger partial charge in [0.05, 0.1) is 25.8 Å². The third kappa shape index (κ3) is 5.07. The van der Waals surface area contributed by atoms with Gasteiger partial charge < -0.3 is 15.0 Å². The van der Waals surface area contributed by atoms with Crippen LogP contribution in [0.4, 0.5) is 5.13 Å². The summed E-state index contributed by atoms with van der Waals surface area (Å²) in [7, 11) is 1.61. The van der Waals surface area contributed by atoms with E-state index in [1.165, 1.54) is 11.3 Å². The second-order valence-corrected chi connectivity index (χ2v) is 8.21. The van der Waals surface area contributed by atoms with Gasteiger partial charge >= 0.3 is 0 Å². The zero-order valence-electron chi connectivity index (χ0n) is 15.9. The van der Waals surface area contributed by atoms with Crippen LogP contribution in [0.15, 0.2) is 24.3 Å². The number of nitrogens with one attached hydrogen (secondary N) is 1. The van der Waals surface area contributed by atoms with E-state index in [-0.39, 0.29) is 18.2 Å². The van der Waals surface area contributed by atoms with Crippen LogP contribution in [-0.2, 0) is 29.0 Å². The number of ether oxygens (including phenoxy) is 1. The van der Waals surface area contributed by atoms with Gasteiger partial charge in [-0.3, -0.25) is 9.59 Å². The zero-order valence-corrected chi connectivity index (χ0v) is 16.8. The quantitative estimate of drug-likeness (QED) is 0.826. The number of thiazole rings is 1. The Labute approximate surface area is 163 Å². The average molecular weight is 388 g/mol. The van der Waals surface area contributed by atoms with E-state index in [0.717, 1.165) is 28.3 Å². The number of methoxy groups -OCH3 is 1. The van der Waals surface area contributed by atoms with Gasteiger partial charge in [0, 0.05) is 24.3 Å². The lowest BCUT2D eigenvalue weighted by Gasteiger charge is -2.26. The molecular weight excluding hydrogens is 362 g/mol. The highest BCUT2D eigenvalue weighted by Gasteiger charge is 2.24. The molecule has 0 atom stereocenters. The lowest BCUT2D eigenvalue weighted by molar-refractivity contribution is -0.132. The van der Waals surface area contributed by atoms with Gasteiger partial charge in [-0.2, -0.15) is 0 Å². The molecular formula is C20H25N3O3S. The number of hydrogen-bond acceptors (Lipinski definition) is 5. The van der Waals surface area contributed by atoms with Crippen molar-refractivity contribution in [1.82, 2.24) is 9.88 Å². The van der Waals surface area contributed by atoms with Gasteiger partial charge in [-0.1, -0.05) is 37.3 Å². The summed E-state index contributed by atoms with van der Waals surface area (Å²) in [6.07, 6.45) is 1.59. The number of rotatable bonds is 6. The fourth-order valence-electron chi connectivity index (χ4n) is 3.03. The van der Waals surface area contributed by atoms with E-state index in [4.69, 9.17) is 4.74 Å². The summed E-state index contributed by atoms with van der Waals surface area (Å²) in [5.74, 6) is 1.21. The third-order valence-electron chi connectivity index (χ3n) is 4.44. The molecule has 0 radical (unpaired) electrons. The summed E-state index contributed by atoms with van der Waals surface area (Å²) < 4.78 is 5.13. The molecule has 6 nitrogen and oxygen atoms in total. The van der Waals surface area contributed by atoms with E-state index >= 15 is 0 Å². The Bertz CT molecular complexity index is 814. The normalized spacial score (nSPS) is 13.4. The number of carbonyl (C=O) groups is 2. The van der Waals surface area contributed by atoms with Crippen molar-refractivity contribution in [3.8, 4) is 5.75 Å². The fraction of sp³-hybridized carbons (Fsp3) is 0.450. The fourth-order valence-corrected chi connectivity index (χ4v) is 4.07. The summed E-state index contributed by atoms with van der Waals surface area (Å²) in [6.45, 7) is 5.39. The van der Waals surface area contributed by atoms with Gasteiger partial charge in [0.25, 0.3) is 0 Å². The van der Waals surface area contributed by atoms with Crippen LogP contribution in [0.3, 0.4) is 0 Å². The summed E-state index contributed by atoms with van der Waals surface area (Å²) in [5.41, 5.74) is 1.91. The topological polar surface area (TPSA) is 71.5 Å². The summed E-state index contributed by atoms with van der Waals surface area (Å²) in [5, 5.41) is 3.49. The number of nitrogens with zero attached hydrogens (tertiary/aromatic N) is 2. The number of hydrogen-bond donors (Lipinski definition) is 1. The molecule has 7 heteroatoms. The summed E-state index contributed by atoms with van der Waals surface area (Å²) in [6, 6.07) is 7.44. The number of amides is 2. The van der Waals surface area contributed by atoms with Crippen LogP contribution in [0.25, 0.3) is 0 Å². The Balaban J connectivity index is 1.58. The molecule has 0 unspecified atom stereocenters. The third-order valence-corrected chi connectivity index (χ3v) is 5.43. The zero-order chi connectivity index (χ0) is 19.4. The van der Waals surface area contributed by atoms with Gasteiger partial charge in [0.1, 0.15) is 5.75 Å². The van der Waals surface area contributed by atoms with Crippen molar-refractivity contribution in [3.63, 3.8) is 0 Å². The molecule has 1 aliphatic rings. The van der Waals surface area contributed by atoms with Crippen molar-refractivity contribution < 1.29 is 14.3 Å². The maximum Gasteiger partial charge on any atom is 0.230 e. The minimum absolute atomic E-state index is 0.0981. The summed E-state index contributed by atoms with van der Waals surface area (Å²) >= 11 is 1.46. The highest BCUT2D eigenvalue weighted by atomic mass is 32.1. The van der Waals surface area contributed by atoms with Gasteiger partial charge in [0.15, 0.2) is 5.13 Å². The monoisotopic (exact) mass is 387 g/mol. The van der Waals surface area contributed by atoms with Gasteiger partial charge in [-0.05, 0) is 23.6 Å². The molecule has 27 heavy (non-hydrogen) atoms. The Hall–Kier alpha value is -2.41. The minimum atomic E-state index is -0.0981. The first-order valence-electron chi connectivity index (χ1n) is 9.13. The predicted molar refractivity (Wildman–Crippen MR) is 106 cm³/mol. The number of carbonyl (C=O) groups excluding carboxylic acids is 2. The lowest BCUT2D eigenvalue weighted by Crippen LogP contribution is -2.36. The second-order valence-electron chi connectivity index (χ2n) is 7.13. The number of anilines is 1. The van der Waals surface area contributed by atoms with Crippen LogP contribution in [0, 0.1) is 5.92 Å². The molecule has 0 fully saturated rings. The van der Waals surface area contributed by atoms with Crippen molar-refractivity contribution in [2.75, 3.05) is 19.0 Å². The SMILES string of the molecule is COc1ccc(CC(=O)Nc2nc3c(s2)CN(C(=O)CC(C)C)CC3)cc1. The minimum Gasteiger partial charge on any atom is -0.497 e. The van der Waals surface area contributed by atoms with Gasteiger partial charge in [-0.25, -0.2) is 4.98 Å². The first-order chi connectivity index (χ1) is 12.9. The number of aromatic nitrogens is 1. The highest BCUT2D eigenvalue weighted by molar-refractivity contribution is 7.15. The molecule has 0 bridgehead atoms.